The predicted molar refractivity (Wildman–Crippen MR) is 78.4 cm³/mol. The van der Waals surface area contributed by atoms with Gasteiger partial charge in [0.2, 0.25) is 0 Å². The highest BCUT2D eigenvalue weighted by atomic mass is 32.1. The molecule has 2 aromatic rings. The Morgan fingerprint density at radius 2 is 2.29 bits per heavy atom. The second-order valence-electron chi connectivity index (χ2n) is 3.99. The standard InChI is InChI=1S/C15H11N3O2S/c16-7-12-3-4-14(17-8-12)15(20)18-9-13-6-11(10-21-13)2-1-5-19/h3-4,6,8,10,19H,5,9H2,(H,18,20). The van der Waals surface area contributed by atoms with Crippen LogP contribution < -0.4 is 5.32 Å². The Balaban J connectivity index is 1.94. The van der Waals surface area contributed by atoms with Gasteiger partial charge in [-0.3, -0.25) is 4.79 Å². The van der Waals surface area contributed by atoms with Crippen LogP contribution in [-0.2, 0) is 6.54 Å². The monoisotopic (exact) mass is 297 g/mol. The van der Waals surface area contributed by atoms with Crippen LogP contribution in [0.3, 0.4) is 0 Å². The summed E-state index contributed by atoms with van der Waals surface area (Å²) in [6.45, 7) is 0.207. The Morgan fingerprint density at radius 3 is 2.95 bits per heavy atom. The molecule has 5 nitrogen and oxygen atoms in total. The third-order valence-electron chi connectivity index (χ3n) is 2.51. The van der Waals surface area contributed by atoms with E-state index in [1.165, 1.54) is 23.6 Å². The largest absolute Gasteiger partial charge is 0.384 e. The quantitative estimate of drug-likeness (QED) is 0.836. The Morgan fingerprint density at radius 1 is 1.43 bits per heavy atom. The lowest BCUT2D eigenvalue weighted by Crippen LogP contribution is -2.23. The molecule has 2 aromatic heterocycles. The molecule has 0 aliphatic heterocycles. The zero-order valence-corrected chi connectivity index (χ0v) is 11.8. The van der Waals surface area contributed by atoms with E-state index >= 15 is 0 Å². The van der Waals surface area contributed by atoms with Crippen molar-refractivity contribution in [2.24, 2.45) is 0 Å². The van der Waals surface area contributed by atoms with E-state index in [-0.39, 0.29) is 18.2 Å². The summed E-state index contributed by atoms with van der Waals surface area (Å²) >= 11 is 1.48. The van der Waals surface area contributed by atoms with E-state index in [1.54, 1.807) is 6.07 Å². The van der Waals surface area contributed by atoms with Crippen molar-refractivity contribution in [2.75, 3.05) is 6.61 Å². The van der Waals surface area contributed by atoms with E-state index in [0.717, 1.165) is 10.4 Å². The Labute approximate surface area is 125 Å². The van der Waals surface area contributed by atoms with Gasteiger partial charge in [0.15, 0.2) is 0 Å². The minimum absolute atomic E-state index is 0.174. The number of nitrogens with zero attached hydrogens (tertiary/aromatic N) is 2. The molecule has 0 unspecified atom stereocenters. The summed E-state index contributed by atoms with van der Waals surface area (Å²) in [6, 6.07) is 6.87. The topological polar surface area (TPSA) is 86.0 Å². The van der Waals surface area contributed by atoms with Gasteiger partial charge >= 0.3 is 0 Å². The van der Waals surface area contributed by atoms with Crippen molar-refractivity contribution in [3.63, 3.8) is 0 Å². The Kier molecular flexibility index (Phi) is 5.05. The molecule has 0 radical (unpaired) electrons. The molecule has 0 saturated carbocycles. The van der Waals surface area contributed by atoms with Crippen LogP contribution in [0.15, 0.2) is 29.8 Å². The van der Waals surface area contributed by atoms with Gasteiger partial charge in [-0.25, -0.2) is 4.98 Å². The molecule has 0 spiro atoms. The highest BCUT2D eigenvalue weighted by molar-refractivity contribution is 7.10. The highest BCUT2D eigenvalue weighted by Gasteiger charge is 2.07. The molecular formula is C15H11N3O2S. The molecule has 1 amide bonds. The Bertz CT molecular complexity index is 733. The molecule has 0 fully saturated rings. The van der Waals surface area contributed by atoms with Crippen LogP contribution in [0.2, 0.25) is 0 Å². The molecular weight excluding hydrogens is 286 g/mol. The highest BCUT2D eigenvalue weighted by Crippen LogP contribution is 2.13. The van der Waals surface area contributed by atoms with Crippen LogP contribution in [0.1, 0.15) is 26.5 Å². The second kappa shape index (κ2) is 7.20. The van der Waals surface area contributed by atoms with Gasteiger partial charge in [0.1, 0.15) is 18.4 Å². The lowest BCUT2D eigenvalue weighted by Gasteiger charge is -2.02. The normalized spacial score (nSPS) is 9.33. The maximum atomic E-state index is 11.9. The fourth-order valence-corrected chi connectivity index (χ4v) is 2.29. The molecule has 104 valence electrons. The van der Waals surface area contributed by atoms with E-state index in [9.17, 15) is 4.79 Å². The number of thiophene rings is 1. The molecule has 6 heteroatoms. The van der Waals surface area contributed by atoms with Crippen LogP contribution in [0.25, 0.3) is 0 Å². The van der Waals surface area contributed by atoms with E-state index in [4.69, 9.17) is 10.4 Å². The van der Waals surface area contributed by atoms with E-state index in [2.05, 4.69) is 22.1 Å². The number of nitriles is 1. The molecule has 2 heterocycles. The summed E-state index contributed by atoms with van der Waals surface area (Å²) in [4.78, 5) is 16.8. The van der Waals surface area contributed by atoms with Gasteiger partial charge in [0, 0.05) is 22.0 Å². The van der Waals surface area contributed by atoms with Gasteiger partial charge < -0.3 is 10.4 Å². The maximum Gasteiger partial charge on any atom is 0.270 e. The van der Waals surface area contributed by atoms with Crippen LogP contribution in [0, 0.1) is 23.2 Å². The Hall–Kier alpha value is -2.67. The van der Waals surface area contributed by atoms with Crippen molar-refractivity contribution < 1.29 is 9.90 Å². The van der Waals surface area contributed by atoms with Crippen molar-refractivity contribution in [3.8, 4) is 17.9 Å². The van der Waals surface area contributed by atoms with Crippen LogP contribution >= 0.6 is 11.3 Å². The molecule has 0 saturated heterocycles. The molecule has 2 N–H and O–H groups in total. The molecule has 21 heavy (non-hydrogen) atoms. The number of aliphatic hydroxyl groups is 1. The summed E-state index contributed by atoms with van der Waals surface area (Å²) in [5.74, 6) is 5.07. The van der Waals surface area contributed by atoms with Crippen molar-refractivity contribution in [2.45, 2.75) is 6.54 Å². The maximum absolute atomic E-state index is 11.9. The molecule has 0 aliphatic rings. The first-order valence-electron chi connectivity index (χ1n) is 6.04. The van der Waals surface area contributed by atoms with Gasteiger partial charge in [-0.1, -0.05) is 11.8 Å². The van der Waals surface area contributed by atoms with Gasteiger partial charge in [0.05, 0.1) is 12.1 Å². The van der Waals surface area contributed by atoms with Crippen molar-refractivity contribution >= 4 is 17.2 Å². The average molecular weight is 297 g/mol. The first-order valence-corrected chi connectivity index (χ1v) is 6.92. The first-order chi connectivity index (χ1) is 10.2. The molecule has 2 rings (SSSR count). The summed E-state index contributed by atoms with van der Waals surface area (Å²) < 4.78 is 0. The third-order valence-corrected chi connectivity index (χ3v) is 3.45. The third kappa shape index (κ3) is 4.15. The molecule has 0 aromatic carbocycles. The zero-order chi connectivity index (χ0) is 15.1. The first kappa shape index (κ1) is 14.7. The minimum Gasteiger partial charge on any atom is -0.384 e. The SMILES string of the molecule is N#Cc1ccc(C(=O)NCc2cc(C#CCO)cs2)nc1. The van der Waals surface area contributed by atoms with Gasteiger partial charge in [-0.15, -0.1) is 11.3 Å². The molecule has 0 atom stereocenters. The fourth-order valence-electron chi connectivity index (χ4n) is 1.53. The number of hydrogen-bond acceptors (Lipinski definition) is 5. The number of carbonyl (C=O) groups excluding carboxylic acids is 1. The zero-order valence-electron chi connectivity index (χ0n) is 11.0. The lowest BCUT2D eigenvalue weighted by molar-refractivity contribution is 0.0946. The number of carbonyl (C=O) groups is 1. The summed E-state index contributed by atoms with van der Waals surface area (Å²) in [5, 5.41) is 21.9. The van der Waals surface area contributed by atoms with Crippen molar-refractivity contribution in [3.05, 3.63) is 51.5 Å². The number of aliphatic hydroxyl groups excluding tert-OH is 1. The average Bonchev–Trinajstić information content (AvgIpc) is 2.98. The van der Waals surface area contributed by atoms with Crippen LogP contribution in [-0.4, -0.2) is 22.6 Å². The number of amides is 1. The van der Waals surface area contributed by atoms with E-state index < -0.39 is 0 Å². The lowest BCUT2D eigenvalue weighted by atomic mass is 10.2. The van der Waals surface area contributed by atoms with Crippen LogP contribution in [0.5, 0.6) is 0 Å². The molecule has 0 aliphatic carbocycles. The van der Waals surface area contributed by atoms with E-state index in [1.807, 2.05) is 17.5 Å². The predicted octanol–water partition coefficient (Wildman–Crippen LogP) is 1.29. The summed E-state index contributed by atoms with van der Waals surface area (Å²) in [6.07, 6.45) is 1.36. The number of hydrogen-bond donors (Lipinski definition) is 2. The van der Waals surface area contributed by atoms with Gasteiger partial charge in [0.25, 0.3) is 5.91 Å². The van der Waals surface area contributed by atoms with Crippen LogP contribution in [0.4, 0.5) is 0 Å². The number of pyridine rings is 1. The summed E-state index contributed by atoms with van der Waals surface area (Å²) in [7, 11) is 0. The van der Waals surface area contributed by atoms with Crippen molar-refractivity contribution in [1.82, 2.24) is 10.3 Å². The number of nitrogens with one attached hydrogen (secondary N) is 1. The fraction of sp³-hybridized carbons (Fsp3) is 0.133. The number of aromatic nitrogens is 1. The number of rotatable bonds is 3. The smallest absolute Gasteiger partial charge is 0.270 e. The molecule has 0 bridgehead atoms. The van der Waals surface area contributed by atoms with Gasteiger partial charge in [-0.05, 0) is 18.2 Å². The van der Waals surface area contributed by atoms with Gasteiger partial charge in [-0.2, -0.15) is 5.26 Å². The van der Waals surface area contributed by atoms with E-state index in [0.29, 0.717) is 12.1 Å². The van der Waals surface area contributed by atoms with Crippen molar-refractivity contribution in [1.29, 1.82) is 5.26 Å². The summed E-state index contributed by atoms with van der Waals surface area (Å²) in [5.41, 5.74) is 1.50. The minimum atomic E-state index is -0.295. The second-order valence-corrected chi connectivity index (χ2v) is 4.98.